The van der Waals surface area contributed by atoms with Gasteiger partial charge < -0.3 is 0 Å². The number of sulfonamides is 1. The predicted octanol–water partition coefficient (Wildman–Crippen LogP) is 1.55. The van der Waals surface area contributed by atoms with Gasteiger partial charge in [0.25, 0.3) is 5.56 Å². The molecule has 0 radical (unpaired) electrons. The van der Waals surface area contributed by atoms with Crippen molar-refractivity contribution in [3.05, 3.63) is 63.8 Å². The van der Waals surface area contributed by atoms with Gasteiger partial charge in [-0.3, -0.25) is 9.36 Å². The summed E-state index contributed by atoms with van der Waals surface area (Å²) in [4.78, 5) is 16.3. The summed E-state index contributed by atoms with van der Waals surface area (Å²) < 4.78 is 28.2. The van der Waals surface area contributed by atoms with Gasteiger partial charge in [-0.15, -0.1) is 0 Å². The van der Waals surface area contributed by atoms with Crippen LogP contribution in [0.1, 0.15) is 35.6 Å². The van der Waals surface area contributed by atoms with Gasteiger partial charge in [0.15, 0.2) is 0 Å². The van der Waals surface area contributed by atoms with Crippen LogP contribution in [0.5, 0.6) is 0 Å². The molecule has 0 unspecified atom stereocenters. The van der Waals surface area contributed by atoms with Crippen molar-refractivity contribution >= 4 is 10.0 Å². The molecule has 2 aromatic rings. The Labute approximate surface area is 141 Å². The van der Waals surface area contributed by atoms with E-state index in [0.717, 1.165) is 29.7 Å². The van der Waals surface area contributed by atoms with E-state index in [2.05, 4.69) is 9.71 Å². The van der Waals surface area contributed by atoms with Crippen LogP contribution in [-0.2, 0) is 22.3 Å². The van der Waals surface area contributed by atoms with Gasteiger partial charge in [0.05, 0.1) is 17.8 Å². The van der Waals surface area contributed by atoms with E-state index < -0.39 is 10.0 Å². The summed E-state index contributed by atoms with van der Waals surface area (Å²) in [5.41, 5.74) is 2.48. The number of hydrogen-bond acceptors (Lipinski definition) is 4. The van der Waals surface area contributed by atoms with E-state index in [1.165, 1.54) is 10.9 Å². The number of hydrogen-bond donors (Lipinski definition) is 1. The zero-order chi connectivity index (χ0) is 17.2. The molecule has 0 spiro atoms. The lowest BCUT2D eigenvalue weighted by Gasteiger charge is -2.09. The fourth-order valence-corrected chi connectivity index (χ4v) is 3.73. The van der Waals surface area contributed by atoms with Crippen molar-refractivity contribution in [1.29, 1.82) is 0 Å². The van der Waals surface area contributed by atoms with Gasteiger partial charge in [0, 0.05) is 25.1 Å². The highest BCUT2D eigenvalue weighted by Crippen LogP contribution is 2.38. The molecule has 128 valence electrons. The van der Waals surface area contributed by atoms with E-state index in [9.17, 15) is 13.2 Å². The van der Waals surface area contributed by atoms with E-state index >= 15 is 0 Å². The van der Waals surface area contributed by atoms with Crippen LogP contribution in [0.2, 0.25) is 0 Å². The molecule has 1 N–H and O–H groups in total. The first-order valence-corrected chi connectivity index (χ1v) is 9.67. The lowest BCUT2D eigenvalue weighted by Crippen LogP contribution is -2.31. The monoisotopic (exact) mass is 347 g/mol. The molecule has 1 fully saturated rings. The van der Waals surface area contributed by atoms with Crippen LogP contribution in [0.25, 0.3) is 0 Å². The fourth-order valence-electron chi connectivity index (χ4n) is 2.60. The first-order chi connectivity index (χ1) is 11.4. The zero-order valence-corrected chi connectivity index (χ0v) is 14.4. The van der Waals surface area contributed by atoms with Crippen molar-refractivity contribution in [2.75, 3.05) is 6.54 Å². The molecule has 24 heavy (non-hydrogen) atoms. The topological polar surface area (TPSA) is 81.1 Å². The Morgan fingerprint density at radius 3 is 2.75 bits per heavy atom. The number of nitrogens with zero attached hydrogens (tertiary/aromatic N) is 2. The van der Waals surface area contributed by atoms with Crippen molar-refractivity contribution < 1.29 is 8.42 Å². The Morgan fingerprint density at radius 2 is 2.08 bits per heavy atom. The average molecular weight is 347 g/mol. The van der Waals surface area contributed by atoms with Crippen LogP contribution in [0.3, 0.4) is 0 Å². The third-order valence-electron chi connectivity index (χ3n) is 4.01. The molecule has 0 aliphatic heterocycles. The van der Waals surface area contributed by atoms with Crippen molar-refractivity contribution in [3.63, 3.8) is 0 Å². The van der Waals surface area contributed by atoms with E-state index in [-0.39, 0.29) is 24.4 Å². The van der Waals surface area contributed by atoms with E-state index in [1.807, 2.05) is 25.1 Å². The molecule has 1 aromatic heterocycles. The second-order valence-electron chi connectivity index (χ2n) is 6.26. The minimum atomic E-state index is -3.43. The summed E-state index contributed by atoms with van der Waals surface area (Å²) in [5.74, 6) is 0.364. The third kappa shape index (κ3) is 4.52. The maximum atomic E-state index is 12.1. The second kappa shape index (κ2) is 6.86. The Kier molecular flexibility index (Phi) is 4.82. The van der Waals surface area contributed by atoms with Crippen molar-refractivity contribution in [1.82, 2.24) is 14.3 Å². The van der Waals surface area contributed by atoms with Crippen LogP contribution in [0, 0.1) is 6.92 Å². The molecule has 3 rings (SSSR count). The quantitative estimate of drug-likeness (QED) is 0.824. The van der Waals surface area contributed by atoms with Gasteiger partial charge in [-0.05, 0) is 25.3 Å². The number of nitrogens with one attached hydrogen (secondary N) is 1. The van der Waals surface area contributed by atoms with E-state index in [1.54, 1.807) is 12.1 Å². The highest BCUT2D eigenvalue weighted by atomic mass is 32.2. The standard InChI is InChI=1S/C17H21N3O3S/c1-13-3-2-4-14(9-13)11-24(22,23)19-7-8-20-12-18-16(10-17(20)21)15-5-6-15/h2-4,9-10,12,15,19H,5-8,11H2,1H3. The van der Waals surface area contributed by atoms with Gasteiger partial charge in [-0.2, -0.15) is 0 Å². The normalized spacial score (nSPS) is 14.7. The summed E-state index contributed by atoms with van der Waals surface area (Å²) in [5, 5.41) is 0. The minimum absolute atomic E-state index is 0.0670. The predicted molar refractivity (Wildman–Crippen MR) is 92.3 cm³/mol. The molecule has 0 amide bonds. The van der Waals surface area contributed by atoms with E-state index in [0.29, 0.717) is 5.92 Å². The maximum absolute atomic E-state index is 12.1. The first kappa shape index (κ1) is 16.9. The second-order valence-corrected chi connectivity index (χ2v) is 8.07. The molecule has 1 heterocycles. The van der Waals surface area contributed by atoms with Crippen molar-refractivity contribution in [3.8, 4) is 0 Å². The molecule has 0 saturated heterocycles. The van der Waals surface area contributed by atoms with E-state index in [4.69, 9.17) is 0 Å². The molecule has 6 nitrogen and oxygen atoms in total. The van der Waals surface area contributed by atoms with Gasteiger partial charge >= 0.3 is 0 Å². The number of aryl methyl sites for hydroxylation is 1. The SMILES string of the molecule is Cc1cccc(CS(=O)(=O)NCCn2cnc(C3CC3)cc2=O)c1. The zero-order valence-electron chi connectivity index (χ0n) is 13.6. The Bertz CT molecular complexity index is 886. The van der Waals surface area contributed by atoms with Crippen molar-refractivity contribution in [2.24, 2.45) is 0 Å². The highest BCUT2D eigenvalue weighted by Gasteiger charge is 2.25. The maximum Gasteiger partial charge on any atom is 0.253 e. The van der Waals surface area contributed by atoms with Gasteiger partial charge in [0.1, 0.15) is 0 Å². The van der Waals surface area contributed by atoms with Gasteiger partial charge in [0.2, 0.25) is 10.0 Å². The van der Waals surface area contributed by atoms with Crippen LogP contribution in [0.4, 0.5) is 0 Å². The minimum Gasteiger partial charge on any atom is -0.298 e. The molecule has 1 aliphatic rings. The van der Waals surface area contributed by atoms with Crippen molar-refractivity contribution in [2.45, 2.75) is 38.0 Å². The Balaban J connectivity index is 1.56. The summed E-state index contributed by atoms with van der Waals surface area (Å²) in [6.07, 6.45) is 3.69. The third-order valence-corrected chi connectivity index (χ3v) is 5.37. The Morgan fingerprint density at radius 1 is 1.29 bits per heavy atom. The Hall–Kier alpha value is -1.99. The largest absolute Gasteiger partial charge is 0.298 e. The summed E-state index contributed by atoms with van der Waals surface area (Å²) in [6.45, 7) is 2.36. The van der Waals surface area contributed by atoms with Crippen LogP contribution < -0.4 is 10.3 Å². The van der Waals surface area contributed by atoms with Crippen LogP contribution >= 0.6 is 0 Å². The van der Waals surface area contributed by atoms with Crippen LogP contribution in [-0.4, -0.2) is 24.5 Å². The summed E-state index contributed by atoms with van der Waals surface area (Å²) >= 11 is 0. The number of aromatic nitrogens is 2. The molecule has 1 aromatic carbocycles. The van der Waals surface area contributed by atoms with Gasteiger partial charge in [-0.25, -0.2) is 18.1 Å². The fraction of sp³-hybridized carbons (Fsp3) is 0.412. The van der Waals surface area contributed by atoms with Crippen LogP contribution in [0.15, 0.2) is 41.5 Å². The molecule has 0 bridgehead atoms. The molecule has 1 saturated carbocycles. The molecular formula is C17H21N3O3S. The number of benzene rings is 1. The highest BCUT2D eigenvalue weighted by molar-refractivity contribution is 7.88. The summed E-state index contributed by atoms with van der Waals surface area (Å²) in [6, 6.07) is 8.96. The first-order valence-electron chi connectivity index (χ1n) is 8.02. The van der Waals surface area contributed by atoms with Gasteiger partial charge in [-0.1, -0.05) is 29.8 Å². The summed E-state index contributed by atoms with van der Waals surface area (Å²) in [7, 11) is -3.43. The smallest absolute Gasteiger partial charge is 0.253 e. The average Bonchev–Trinajstić information content (AvgIpc) is 3.33. The lowest BCUT2D eigenvalue weighted by molar-refractivity contribution is 0.567. The lowest BCUT2D eigenvalue weighted by atomic mass is 10.2. The molecule has 0 atom stereocenters. The molecule has 7 heteroatoms. The number of rotatable bonds is 7. The molecular weight excluding hydrogens is 326 g/mol. The molecule has 1 aliphatic carbocycles.